The zero-order chi connectivity index (χ0) is 18.2. The van der Waals surface area contributed by atoms with Crippen LogP contribution in [0.5, 0.6) is 17.2 Å². The van der Waals surface area contributed by atoms with Gasteiger partial charge in [-0.25, -0.2) is 0 Å². The molecular formula is C19H23NO5. The number of benzene rings is 2. The third kappa shape index (κ3) is 4.64. The fourth-order valence-electron chi connectivity index (χ4n) is 2.48. The number of aliphatic hydroxyl groups is 1. The van der Waals surface area contributed by atoms with Crippen molar-refractivity contribution in [2.75, 3.05) is 27.9 Å². The van der Waals surface area contributed by atoms with E-state index in [1.165, 1.54) is 21.3 Å². The minimum atomic E-state index is -0.624. The molecule has 0 spiro atoms. The maximum absolute atomic E-state index is 12.4. The lowest BCUT2D eigenvalue weighted by atomic mass is 10.1. The smallest absolute Gasteiger partial charge is 0.251 e. The number of carbonyl (C=O) groups excluding carboxylic acids is 1. The van der Waals surface area contributed by atoms with Crippen molar-refractivity contribution in [1.82, 2.24) is 5.32 Å². The van der Waals surface area contributed by atoms with E-state index in [-0.39, 0.29) is 5.91 Å². The molecule has 25 heavy (non-hydrogen) atoms. The van der Waals surface area contributed by atoms with Crippen LogP contribution >= 0.6 is 0 Å². The topological polar surface area (TPSA) is 77.0 Å². The lowest BCUT2D eigenvalue weighted by molar-refractivity contribution is 0.0942. The van der Waals surface area contributed by atoms with Crippen LogP contribution in [0.25, 0.3) is 0 Å². The zero-order valence-corrected chi connectivity index (χ0v) is 14.6. The summed E-state index contributed by atoms with van der Waals surface area (Å²) in [5.41, 5.74) is 1.22. The van der Waals surface area contributed by atoms with Crippen molar-refractivity contribution in [2.45, 2.75) is 12.5 Å². The minimum absolute atomic E-state index is 0.278. The first-order valence-corrected chi connectivity index (χ1v) is 7.92. The Labute approximate surface area is 147 Å². The molecule has 0 radical (unpaired) electrons. The van der Waals surface area contributed by atoms with Crippen molar-refractivity contribution >= 4 is 5.91 Å². The van der Waals surface area contributed by atoms with E-state index in [4.69, 9.17) is 14.2 Å². The molecular weight excluding hydrogens is 322 g/mol. The number of carbonyl (C=O) groups is 1. The molecule has 1 unspecified atom stereocenters. The molecule has 0 aromatic heterocycles. The summed E-state index contributed by atoms with van der Waals surface area (Å²) in [6.07, 6.45) is -0.207. The number of aliphatic hydroxyl groups excluding tert-OH is 1. The molecule has 6 heteroatoms. The maximum Gasteiger partial charge on any atom is 0.251 e. The molecule has 134 valence electrons. The lowest BCUT2D eigenvalue weighted by Crippen LogP contribution is -2.25. The van der Waals surface area contributed by atoms with Crippen LogP contribution < -0.4 is 19.5 Å². The normalized spacial score (nSPS) is 11.5. The highest BCUT2D eigenvalue weighted by Gasteiger charge is 2.17. The van der Waals surface area contributed by atoms with Gasteiger partial charge in [0.2, 0.25) is 5.75 Å². The third-order valence-corrected chi connectivity index (χ3v) is 3.81. The molecule has 0 aliphatic rings. The van der Waals surface area contributed by atoms with E-state index in [1.807, 2.05) is 30.3 Å². The van der Waals surface area contributed by atoms with Gasteiger partial charge in [0.1, 0.15) is 0 Å². The molecule has 0 fully saturated rings. The average molecular weight is 345 g/mol. The molecule has 2 aromatic rings. The van der Waals surface area contributed by atoms with Crippen molar-refractivity contribution in [2.24, 2.45) is 0 Å². The van der Waals surface area contributed by atoms with Crippen LogP contribution in [0, 0.1) is 0 Å². The molecule has 0 saturated heterocycles. The van der Waals surface area contributed by atoms with Gasteiger partial charge in [-0.3, -0.25) is 4.79 Å². The Kier molecular flexibility index (Phi) is 6.65. The van der Waals surface area contributed by atoms with Crippen LogP contribution in [-0.2, 0) is 0 Å². The van der Waals surface area contributed by atoms with Gasteiger partial charge in [-0.2, -0.15) is 0 Å². The summed E-state index contributed by atoms with van der Waals surface area (Å²) in [7, 11) is 4.50. The fraction of sp³-hybridized carbons (Fsp3) is 0.316. The van der Waals surface area contributed by atoms with Gasteiger partial charge < -0.3 is 24.6 Å². The Morgan fingerprint density at radius 3 is 2.16 bits per heavy atom. The molecule has 1 atom stereocenters. The van der Waals surface area contributed by atoms with Gasteiger partial charge in [0.25, 0.3) is 5.91 Å². The molecule has 0 aliphatic carbocycles. The van der Waals surface area contributed by atoms with E-state index >= 15 is 0 Å². The quantitative estimate of drug-likeness (QED) is 0.769. The second-order valence-corrected chi connectivity index (χ2v) is 5.39. The second-order valence-electron chi connectivity index (χ2n) is 5.39. The molecule has 6 nitrogen and oxygen atoms in total. The van der Waals surface area contributed by atoms with Gasteiger partial charge in [0, 0.05) is 12.1 Å². The molecule has 0 aliphatic heterocycles. The van der Waals surface area contributed by atoms with Gasteiger partial charge in [-0.15, -0.1) is 0 Å². The number of methoxy groups -OCH3 is 3. The first kappa shape index (κ1) is 18.6. The highest BCUT2D eigenvalue weighted by molar-refractivity contribution is 5.95. The van der Waals surface area contributed by atoms with Crippen molar-refractivity contribution in [3.05, 3.63) is 53.6 Å². The monoisotopic (exact) mass is 345 g/mol. The van der Waals surface area contributed by atoms with Gasteiger partial charge >= 0.3 is 0 Å². The predicted molar refractivity (Wildman–Crippen MR) is 94.5 cm³/mol. The highest BCUT2D eigenvalue weighted by atomic mass is 16.5. The van der Waals surface area contributed by atoms with E-state index in [0.717, 1.165) is 5.56 Å². The molecule has 2 N–H and O–H groups in total. The van der Waals surface area contributed by atoms with Gasteiger partial charge in [-0.1, -0.05) is 30.3 Å². The van der Waals surface area contributed by atoms with Crippen LogP contribution in [0.3, 0.4) is 0 Å². The molecule has 0 saturated carbocycles. The van der Waals surface area contributed by atoms with Crippen molar-refractivity contribution < 1.29 is 24.1 Å². The number of hydrogen-bond acceptors (Lipinski definition) is 5. The molecule has 1 amide bonds. The summed E-state index contributed by atoms with van der Waals surface area (Å²) < 4.78 is 15.7. The summed E-state index contributed by atoms with van der Waals surface area (Å²) in [6.45, 7) is 0.339. The molecule has 2 rings (SSSR count). The third-order valence-electron chi connectivity index (χ3n) is 3.81. The summed E-state index contributed by atoms with van der Waals surface area (Å²) in [6, 6.07) is 12.5. The first-order valence-electron chi connectivity index (χ1n) is 7.92. The van der Waals surface area contributed by atoms with Crippen LogP contribution in [0.1, 0.15) is 28.4 Å². The van der Waals surface area contributed by atoms with Crippen LogP contribution in [-0.4, -0.2) is 38.9 Å². The van der Waals surface area contributed by atoms with Crippen LogP contribution in [0.15, 0.2) is 42.5 Å². The highest BCUT2D eigenvalue weighted by Crippen LogP contribution is 2.38. The standard InChI is InChI=1S/C19H23NO5/c1-23-16-11-14(12-17(24-2)18(16)25-3)19(22)20-10-9-15(21)13-7-5-4-6-8-13/h4-8,11-12,15,21H,9-10H2,1-3H3,(H,20,22). The second kappa shape index (κ2) is 8.94. The van der Waals surface area contributed by atoms with E-state index in [9.17, 15) is 9.90 Å². The summed E-state index contributed by atoms with van der Waals surface area (Å²) in [4.78, 5) is 12.4. The van der Waals surface area contributed by atoms with Crippen molar-refractivity contribution in [3.8, 4) is 17.2 Å². The van der Waals surface area contributed by atoms with Crippen LogP contribution in [0.4, 0.5) is 0 Å². The fourth-order valence-corrected chi connectivity index (χ4v) is 2.48. The number of ether oxygens (including phenoxy) is 3. The van der Waals surface area contributed by atoms with E-state index in [2.05, 4.69) is 5.32 Å². The van der Waals surface area contributed by atoms with E-state index in [1.54, 1.807) is 12.1 Å². The number of nitrogens with one attached hydrogen (secondary N) is 1. The van der Waals surface area contributed by atoms with Crippen LogP contribution in [0.2, 0.25) is 0 Å². The Hall–Kier alpha value is -2.73. The van der Waals surface area contributed by atoms with Gasteiger partial charge in [0.05, 0.1) is 27.4 Å². The Morgan fingerprint density at radius 2 is 1.64 bits per heavy atom. The zero-order valence-electron chi connectivity index (χ0n) is 14.6. The Balaban J connectivity index is 2.01. The molecule has 0 bridgehead atoms. The SMILES string of the molecule is COc1cc(C(=O)NCCC(O)c2ccccc2)cc(OC)c1OC. The van der Waals surface area contributed by atoms with E-state index < -0.39 is 6.10 Å². The molecule has 2 aromatic carbocycles. The summed E-state index contributed by atoms with van der Waals surface area (Å²) in [5, 5.41) is 12.9. The van der Waals surface area contributed by atoms with Gasteiger partial charge in [0.15, 0.2) is 11.5 Å². The number of rotatable bonds is 8. The summed E-state index contributed by atoms with van der Waals surface area (Å²) in [5.74, 6) is 0.980. The maximum atomic E-state index is 12.4. The Morgan fingerprint density at radius 1 is 1.04 bits per heavy atom. The summed E-state index contributed by atoms with van der Waals surface area (Å²) >= 11 is 0. The van der Waals surface area contributed by atoms with Gasteiger partial charge in [-0.05, 0) is 24.1 Å². The Bertz CT molecular complexity index is 677. The largest absolute Gasteiger partial charge is 0.493 e. The number of amides is 1. The van der Waals surface area contributed by atoms with Crippen molar-refractivity contribution in [3.63, 3.8) is 0 Å². The predicted octanol–water partition coefficient (Wildman–Crippen LogP) is 2.57. The lowest BCUT2D eigenvalue weighted by Gasteiger charge is -2.15. The van der Waals surface area contributed by atoms with Crippen molar-refractivity contribution in [1.29, 1.82) is 0 Å². The first-order chi connectivity index (χ1) is 12.1. The minimum Gasteiger partial charge on any atom is -0.493 e. The average Bonchev–Trinajstić information content (AvgIpc) is 2.67. The molecule has 0 heterocycles. The van der Waals surface area contributed by atoms with E-state index in [0.29, 0.717) is 35.8 Å². The number of hydrogen-bond donors (Lipinski definition) is 2.